The lowest BCUT2D eigenvalue weighted by Gasteiger charge is -2.09. The molecule has 0 aliphatic carbocycles. The first-order chi connectivity index (χ1) is 11.1. The molecular weight excluding hydrogens is 294 g/mol. The molecule has 0 fully saturated rings. The Labute approximate surface area is 134 Å². The van der Waals surface area contributed by atoms with Crippen molar-refractivity contribution >= 4 is 29.0 Å². The summed E-state index contributed by atoms with van der Waals surface area (Å²) in [6.45, 7) is 4.03. The van der Waals surface area contributed by atoms with Crippen molar-refractivity contribution in [2.24, 2.45) is 0 Å². The standard InChI is InChI=1S/C16H19N5O2/c1-3-7-17-16(23)14-9-15(19-10-18-14)21-13-6-4-5-12(8-13)20-11(2)22/h4-6,8-10H,3,7H2,1-2H3,(H,17,23)(H,20,22)(H,18,19,21). The van der Waals surface area contributed by atoms with E-state index in [0.717, 1.165) is 12.1 Å². The van der Waals surface area contributed by atoms with Gasteiger partial charge in [-0.05, 0) is 24.6 Å². The molecule has 0 atom stereocenters. The molecule has 1 aromatic carbocycles. The normalized spacial score (nSPS) is 10.0. The number of hydrogen-bond acceptors (Lipinski definition) is 5. The number of benzene rings is 1. The van der Waals surface area contributed by atoms with Crippen LogP contribution in [0.25, 0.3) is 0 Å². The first-order valence-corrected chi connectivity index (χ1v) is 7.33. The predicted octanol–water partition coefficient (Wildman–Crippen LogP) is 2.32. The van der Waals surface area contributed by atoms with E-state index in [-0.39, 0.29) is 11.8 Å². The number of hydrogen-bond donors (Lipinski definition) is 3. The van der Waals surface area contributed by atoms with Gasteiger partial charge in [0.25, 0.3) is 5.91 Å². The maximum absolute atomic E-state index is 11.9. The number of amides is 2. The van der Waals surface area contributed by atoms with E-state index in [9.17, 15) is 9.59 Å². The molecule has 2 amide bonds. The molecular formula is C16H19N5O2. The molecule has 2 rings (SSSR count). The van der Waals surface area contributed by atoms with Crippen LogP contribution in [-0.4, -0.2) is 28.3 Å². The van der Waals surface area contributed by atoms with Gasteiger partial charge in [0.05, 0.1) is 0 Å². The van der Waals surface area contributed by atoms with Gasteiger partial charge in [-0.2, -0.15) is 0 Å². The monoisotopic (exact) mass is 313 g/mol. The molecule has 7 heteroatoms. The Kier molecular flexibility index (Phi) is 5.62. The molecule has 0 aliphatic heterocycles. The lowest BCUT2D eigenvalue weighted by Crippen LogP contribution is -2.25. The Morgan fingerprint density at radius 2 is 1.91 bits per heavy atom. The van der Waals surface area contributed by atoms with Crippen LogP contribution in [0.5, 0.6) is 0 Å². The summed E-state index contributed by atoms with van der Waals surface area (Å²) >= 11 is 0. The molecule has 3 N–H and O–H groups in total. The lowest BCUT2D eigenvalue weighted by atomic mass is 10.2. The van der Waals surface area contributed by atoms with Gasteiger partial charge in [-0.15, -0.1) is 0 Å². The molecule has 2 aromatic rings. The SMILES string of the molecule is CCCNC(=O)c1cc(Nc2cccc(NC(C)=O)c2)ncn1. The highest BCUT2D eigenvalue weighted by molar-refractivity contribution is 5.93. The molecule has 23 heavy (non-hydrogen) atoms. The smallest absolute Gasteiger partial charge is 0.270 e. The summed E-state index contributed by atoms with van der Waals surface area (Å²) in [5.41, 5.74) is 1.72. The van der Waals surface area contributed by atoms with Crippen LogP contribution in [0.1, 0.15) is 30.8 Å². The molecule has 0 saturated heterocycles. The summed E-state index contributed by atoms with van der Waals surface area (Å²) < 4.78 is 0. The van der Waals surface area contributed by atoms with Gasteiger partial charge in [-0.3, -0.25) is 9.59 Å². The van der Waals surface area contributed by atoms with Crippen LogP contribution in [0, 0.1) is 0 Å². The van der Waals surface area contributed by atoms with Crippen molar-refractivity contribution in [1.29, 1.82) is 0 Å². The molecule has 1 heterocycles. The highest BCUT2D eigenvalue weighted by Gasteiger charge is 2.08. The van der Waals surface area contributed by atoms with Crippen molar-refractivity contribution in [2.75, 3.05) is 17.2 Å². The maximum atomic E-state index is 11.9. The van der Waals surface area contributed by atoms with E-state index in [0.29, 0.717) is 23.7 Å². The fourth-order valence-electron chi connectivity index (χ4n) is 1.90. The van der Waals surface area contributed by atoms with Gasteiger partial charge in [0.2, 0.25) is 5.91 Å². The number of carbonyl (C=O) groups excluding carboxylic acids is 2. The van der Waals surface area contributed by atoms with E-state index < -0.39 is 0 Å². The van der Waals surface area contributed by atoms with Crippen molar-refractivity contribution in [3.8, 4) is 0 Å². The topological polar surface area (TPSA) is 96.0 Å². The average Bonchev–Trinajstić information content (AvgIpc) is 2.52. The van der Waals surface area contributed by atoms with E-state index >= 15 is 0 Å². The maximum Gasteiger partial charge on any atom is 0.270 e. The van der Waals surface area contributed by atoms with E-state index in [2.05, 4.69) is 25.9 Å². The van der Waals surface area contributed by atoms with E-state index in [4.69, 9.17) is 0 Å². The third kappa shape index (κ3) is 5.06. The molecule has 7 nitrogen and oxygen atoms in total. The Hall–Kier alpha value is -2.96. The van der Waals surface area contributed by atoms with Crippen LogP contribution in [-0.2, 0) is 4.79 Å². The number of nitrogens with zero attached hydrogens (tertiary/aromatic N) is 2. The first-order valence-electron chi connectivity index (χ1n) is 7.33. The second kappa shape index (κ2) is 7.88. The fraction of sp³-hybridized carbons (Fsp3) is 0.250. The van der Waals surface area contributed by atoms with Crippen LogP contribution < -0.4 is 16.0 Å². The van der Waals surface area contributed by atoms with Gasteiger partial charge in [0, 0.05) is 30.9 Å². The second-order valence-electron chi connectivity index (χ2n) is 4.93. The summed E-state index contributed by atoms with van der Waals surface area (Å²) in [6.07, 6.45) is 2.19. The number of carbonyl (C=O) groups is 2. The predicted molar refractivity (Wildman–Crippen MR) is 88.7 cm³/mol. The van der Waals surface area contributed by atoms with Crippen LogP contribution >= 0.6 is 0 Å². The van der Waals surface area contributed by atoms with E-state index in [1.54, 1.807) is 18.2 Å². The average molecular weight is 313 g/mol. The van der Waals surface area contributed by atoms with Crippen LogP contribution in [0.3, 0.4) is 0 Å². The Bertz CT molecular complexity index is 702. The summed E-state index contributed by atoms with van der Waals surface area (Å²) in [7, 11) is 0. The van der Waals surface area contributed by atoms with Crippen LogP contribution in [0.15, 0.2) is 36.7 Å². The molecule has 1 aromatic heterocycles. The molecule has 0 aliphatic rings. The zero-order valence-electron chi connectivity index (χ0n) is 13.1. The van der Waals surface area contributed by atoms with E-state index in [1.165, 1.54) is 13.3 Å². The Morgan fingerprint density at radius 3 is 2.65 bits per heavy atom. The quantitative estimate of drug-likeness (QED) is 0.760. The molecule has 0 unspecified atom stereocenters. The van der Waals surface area contributed by atoms with E-state index in [1.807, 2.05) is 19.1 Å². The van der Waals surface area contributed by atoms with Crippen molar-refractivity contribution < 1.29 is 9.59 Å². The van der Waals surface area contributed by atoms with Crippen molar-refractivity contribution in [3.05, 3.63) is 42.4 Å². The third-order valence-corrected chi connectivity index (χ3v) is 2.89. The zero-order valence-corrected chi connectivity index (χ0v) is 13.1. The van der Waals surface area contributed by atoms with Crippen LogP contribution in [0.2, 0.25) is 0 Å². The zero-order chi connectivity index (χ0) is 16.7. The first kappa shape index (κ1) is 16.4. The number of rotatable bonds is 6. The highest BCUT2D eigenvalue weighted by Crippen LogP contribution is 2.19. The van der Waals surface area contributed by atoms with Gasteiger partial charge in [-0.1, -0.05) is 13.0 Å². The van der Waals surface area contributed by atoms with Crippen molar-refractivity contribution in [1.82, 2.24) is 15.3 Å². The summed E-state index contributed by atoms with van der Waals surface area (Å²) in [5, 5.41) is 8.56. The lowest BCUT2D eigenvalue weighted by molar-refractivity contribution is -0.114. The molecule has 0 radical (unpaired) electrons. The number of anilines is 3. The van der Waals surface area contributed by atoms with Gasteiger partial charge in [-0.25, -0.2) is 9.97 Å². The summed E-state index contributed by atoms with van der Waals surface area (Å²) in [4.78, 5) is 31.1. The second-order valence-corrected chi connectivity index (χ2v) is 4.93. The molecule has 0 saturated carbocycles. The van der Waals surface area contributed by atoms with Crippen molar-refractivity contribution in [2.45, 2.75) is 20.3 Å². The minimum atomic E-state index is -0.232. The minimum Gasteiger partial charge on any atom is -0.351 e. The Morgan fingerprint density at radius 1 is 1.13 bits per heavy atom. The van der Waals surface area contributed by atoms with Gasteiger partial charge in [0.1, 0.15) is 17.8 Å². The Balaban J connectivity index is 2.11. The molecule has 0 spiro atoms. The highest BCUT2D eigenvalue weighted by atomic mass is 16.2. The molecule has 120 valence electrons. The van der Waals surface area contributed by atoms with Gasteiger partial charge in [0.15, 0.2) is 0 Å². The fourth-order valence-corrected chi connectivity index (χ4v) is 1.90. The number of aromatic nitrogens is 2. The summed E-state index contributed by atoms with van der Waals surface area (Å²) in [6, 6.07) is 8.79. The summed E-state index contributed by atoms with van der Waals surface area (Å²) in [5.74, 6) is 0.130. The largest absolute Gasteiger partial charge is 0.351 e. The number of nitrogens with one attached hydrogen (secondary N) is 3. The minimum absolute atomic E-state index is 0.140. The molecule has 0 bridgehead atoms. The third-order valence-electron chi connectivity index (χ3n) is 2.89. The van der Waals surface area contributed by atoms with Crippen molar-refractivity contribution in [3.63, 3.8) is 0 Å². The van der Waals surface area contributed by atoms with Gasteiger partial charge >= 0.3 is 0 Å². The van der Waals surface area contributed by atoms with Crippen LogP contribution in [0.4, 0.5) is 17.2 Å². The van der Waals surface area contributed by atoms with Gasteiger partial charge < -0.3 is 16.0 Å².